The molecule has 12 nitrogen and oxygen atoms in total. The summed E-state index contributed by atoms with van der Waals surface area (Å²) in [6, 6.07) is 14.8. The quantitative estimate of drug-likeness (QED) is 0.190. The van der Waals surface area contributed by atoms with Crippen LogP contribution in [-0.4, -0.2) is 107 Å². The van der Waals surface area contributed by atoms with Crippen molar-refractivity contribution in [3.63, 3.8) is 0 Å². The molecule has 0 saturated heterocycles. The molecule has 0 unspecified atom stereocenters. The fourth-order valence-electron chi connectivity index (χ4n) is 1.39. The van der Waals surface area contributed by atoms with Gasteiger partial charge in [-0.05, 0) is 0 Å². The second-order valence-corrected chi connectivity index (χ2v) is 4.18. The van der Waals surface area contributed by atoms with Crippen LogP contribution in [0.5, 0.6) is 0 Å². The molecule has 0 aliphatic carbocycles. The van der Waals surface area contributed by atoms with Crippen molar-refractivity contribution in [2.75, 3.05) is 0 Å². The van der Waals surface area contributed by atoms with Crippen LogP contribution in [0.25, 0.3) is 10.8 Å². The maximum atomic E-state index is 7.17. The molecule has 0 aliphatic heterocycles. The molecule has 2 aromatic rings. The van der Waals surface area contributed by atoms with E-state index in [0.717, 1.165) is 0 Å². The first-order valence-corrected chi connectivity index (χ1v) is 6.92. The SMILES string of the molecule is OB(O)O.OB(O)O.OB(O)O.OB(O)O.[Li][c]1cccc2ccccc12. The average molecular weight is 381 g/mol. The Kier molecular flexibility index (Phi) is 22.6. The Hall–Kier alpha value is -0.923. The third-order valence-electron chi connectivity index (χ3n) is 2.01. The van der Waals surface area contributed by atoms with Gasteiger partial charge in [0.1, 0.15) is 0 Å². The summed E-state index contributed by atoms with van der Waals surface area (Å²) in [5.74, 6) is 0. The summed E-state index contributed by atoms with van der Waals surface area (Å²) in [5.41, 5.74) is 0. The molecule has 0 atom stereocenters. The molecule has 0 fully saturated rings. The molecule has 0 bridgehead atoms. The van der Waals surface area contributed by atoms with Gasteiger partial charge in [-0.2, -0.15) is 0 Å². The van der Waals surface area contributed by atoms with Gasteiger partial charge >= 0.3 is 104 Å². The van der Waals surface area contributed by atoms with Crippen molar-refractivity contribution in [1.82, 2.24) is 0 Å². The van der Waals surface area contributed by atoms with E-state index in [2.05, 4.69) is 60.2 Å². The maximum absolute atomic E-state index is 7.17. The fraction of sp³-hybridized carbons (Fsp3) is 0. The summed E-state index contributed by atoms with van der Waals surface area (Å²) < 4.78 is 1.35. The van der Waals surface area contributed by atoms with E-state index in [4.69, 9.17) is 60.3 Å². The van der Waals surface area contributed by atoms with Crippen LogP contribution >= 0.6 is 0 Å². The predicted octanol–water partition coefficient (Wildman–Crippen LogP) is -6.57. The normalized spacial score (nSPS) is 8.22. The van der Waals surface area contributed by atoms with Crippen molar-refractivity contribution in [1.29, 1.82) is 0 Å². The van der Waals surface area contributed by atoms with Crippen LogP contribution in [0.1, 0.15) is 0 Å². The van der Waals surface area contributed by atoms with Gasteiger partial charge in [-0.3, -0.25) is 0 Å². The first-order chi connectivity index (χ1) is 12.3. The molecule has 27 heavy (non-hydrogen) atoms. The molecule has 0 heterocycles. The van der Waals surface area contributed by atoms with E-state index in [1.54, 1.807) is 0 Å². The summed E-state index contributed by atoms with van der Waals surface area (Å²) in [7, 11) is -8.67. The molecule has 0 aliphatic rings. The summed E-state index contributed by atoms with van der Waals surface area (Å²) in [6.07, 6.45) is 0. The first kappa shape index (κ1) is 30.8. The molecule has 17 heteroatoms. The van der Waals surface area contributed by atoms with Gasteiger partial charge in [0, 0.05) is 0 Å². The molecule has 0 amide bonds. The molecular weight excluding hydrogens is 362 g/mol. The number of fused-ring (bicyclic) bond motifs is 1. The van der Waals surface area contributed by atoms with Crippen LogP contribution in [0.2, 0.25) is 0 Å². The summed E-state index contributed by atoms with van der Waals surface area (Å²) in [4.78, 5) is 0. The number of rotatable bonds is 0. The van der Waals surface area contributed by atoms with Gasteiger partial charge < -0.3 is 60.3 Å². The average Bonchev–Trinajstić information content (AvgIpc) is 2.45. The Labute approximate surface area is 165 Å². The minimum absolute atomic E-state index is 1.33. The topological polar surface area (TPSA) is 243 Å². The van der Waals surface area contributed by atoms with Crippen molar-refractivity contribution in [3.8, 4) is 0 Å². The van der Waals surface area contributed by atoms with Crippen molar-refractivity contribution < 1.29 is 60.3 Å². The monoisotopic (exact) mass is 382 g/mol. The predicted molar refractivity (Wildman–Crippen MR) is 99.0 cm³/mol. The van der Waals surface area contributed by atoms with Crippen molar-refractivity contribution >= 4 is 62.0 Å². The number of hydrogen-bond donors (Lipinski definition) is 12. The van der Waals surface area contributed by atoms with E-state index in [0.29, 0.717) is 0 Å². The second-order valence-electron chi connectivity index (χ2n) is 4.18. The zero-order chi connectivity index (χ0) is 22.0. The van der Waals surface area contributed by atoms with E-state index in [-0.39, 0.29) is 0 Å². The molecular formula is C10H19B4LiO12. The number of hydrogen-bond acceptors (Lipinski definition) is 12. The molecule has 0 radical (unpaired) electrons. The van der Waals surface area contributed by atoms with Gasteiger partial charge in [0.2, 0.25) is 0 Å². The van der Waals surface area contributed by atoms with Gasteiger partial charge in [0.25, 0.3) is 0 Å². The Bertz CT molecular complexity index is 536. The second kappa shape index (κ2) is 19.8. The van der Waals surface area contributed by atoms with Gasteiger partial charge in [-0.25, -0.2) is 0 Å². The van der Waals surface area contributed by atoms with E-state index in [9.17, 15) is 0 Å². The third-order valence-corrected chi connectivity index (χ3v) is 2.01. The van der Waals surface area contributed by atoms with Crippen molar-refractivity contribution in [2.45, 2.75) is 0 Å². The standard InChI is InChI=1S/C10H7.4BH3O3.Li/c1-2-6-10-8-4-3-7-9(10)5-1;4*2-1(3)4;/h1-7H;4*2-4H;. The van der Waals surface area contributed by atoms with Crippen LogP contribution < -0.4 is 4.24 Å². The van der Waals surface area contributed by atoms with E-state index < -0.39 is 29.3 Å². The van der Waals surface area contributed by atoms with Gasteiger partial charge in [0.15, 0.2) is 0 Å². The van der Waals surface area contributed by atoms with Crippen LogP contribution in [0.3, 0.4) is 0 Å². The molecule has 0 spiro atoms. The zero-order valence-electron chi connectivity index (χ0n) is 14.2. The first-order valence-electron chi connectivity index (χ1n) is 6.92. The minimum atomic E-state index is -2.17. The molecule has 2 rings (SSSR count). The van der Waals surface area contributed by atoms with E-state index >= 15 is 0 Å². The van der Waals surface area contributed by atoms with Gasteiger partial charge in [-0.1, -0.05) is 0 Å². The Balaban J connectivity index is -0.000000305. The molecule has 2 aromatic carbocycles. The van der Waals surface area contributed by atoms with E-state index in [1.165, 1.54) is 15.0 Å². The molecule has 12 N–H and O–H groups in total. The van der Waals surface area contributed by atoms with Crippen LogP contribution in [0.15, 0.2) is 42.5 Å². The van der Waals surface area contributed by atoms with E-state index in [1.807, 2.05) is 0 Å². The van der Waals surface area contributed by atoms with Crippen molar-refractivity contribution in [2.24, 2.45) is 0 Å². The summed E-state index contributed by atoms with van der Waals surface area (Å²) in [5, 5.41) is 88.7. The zero-order valence-corrected chi connectivity index (χ0v) is 14.2. The molecule has 144 valence electrons. The third kappa shape index (κ3) is 33.1. The van der Waals surface area contributed by atoms with Crippen LogP contribution in [0.4, 0.5) is 0 Å². The summed E-state index contributed by atoms with van der Waals surface area (Å²) >= 11 is 2.14. The Morgan fingerprint density at radius 3 is 1.11 bits per heavy atom. The van der Waals surface area contributed by atoms with Gasteiger partial charge in [0.05, 0.1) is 0 Å². The molecule has 0 saturated carbocycles. The Morgan fingerprint density at radius 1 is 0.481 bits per heavy atom. The van der Waals surface area contributed by atoms with Gasteiger partial charge in [-0.15, -0.1) is 0 Å². The number of benzene rings is 2. The summed E-state index contributed by atoms with van der Waals surface area (Å²) in [6.45, 7) is 0. The molecule has 0 aromatic heterocycles. The van der Waals surface area contributed by atoms with Crippen molar-refractivity contribution in [3.05, 3.63) is 42.5 Å². The van der Waals surface area contributed by atoms with Crippen LogP contribution in [-0.2, 0) is 0 Å². The fourth-order valence-corrected chi connectivity index (χ4v) is 1.39. The van der Waals surface area contributed by atoms with Crippen LogP contribution in [0, 0.1) is 0 Å². The Morgan fingerprint density at radius 2 is 0.778 bits per heavy atom.